The number of nitrogens with one attached hydrogen (secondary N) is 1. The molecule has 0 saturated carbocycles. The fraction of sp³-hybridized carbons (Fsp3) is 0.615. The van der Waals surface area contributed by atoms with Gasteiger partial charge >= 0.3 is 0 Å². The molecule has 1 aliphatic rings. The number of hydrogen-bond donors (Lipinski definition) is 1. The van der Waals surface area contributed by atoms with Crippen molar-refractivity contribution in [2.45, 2.75) is 31.3 Å². The number of nitrogens with zero attached hydrogens (tertiary/aromatic N) is 2. The maximum absolute atomic E-state index is 12.8. The Kier molecular flexibility index (Phi) is 4.95. The standard InChI is InChI=1S/C13H21N3O3S/c1-3-15-12-5-6-14-9-13(12)20(17,18)16-7-4-8-19-11(2)10-16/h5-6,9,11H,3-4,7-8,10H2,1-2H3,(H,14,15). The first-order valence-corrected chi connectivity index (χ1v) is 8.29. The van der Waals surface area contributed by atoms with E-state index in [4.69, 9.17) is 4.74 Å². The Morgan fingerprint density at radius 2 is 2.35 bits per heavy atom. The highest BCUT2D eigenvalue weighted by Crippen LogP contribution is 2.24. The SMILES string of the molecule is CCNc1ccncc1S(=O)(=O)N1CCCOC(C)C1. The van der Waals surface area contributed by atoms with Crippen molar-refractivity contribution in [1.29, 1.82) is 0 Å². The molecule has 1 aromatic rings. The number of pyridine rings is 1. The minimum absolute atomic E-state index is 0.0912. The van der Waals surface area contributed by atoms with Gasteiger partial charge in [-0.1, -0.05) is 0 Å². The van der Waals surface area contributed by atoms with E-state index in [9.17, 15) is 8.42 Å². The molecule has 0 aliphatic carbocycles. The summed E-state index contributed by atoms with van der Waals surface area (Å²) in [6, 6.07) is 1.69. The van der Waals surface area contributed by atoms with Crippen LogP contribution in [0, 0.1) is 0 Å². The van der Waals surface area contributed by atoms with Crippen LogP contribution in [0.4, 0.5) is 5.69 Å². The lowest BCUT2D eigenvalue weighted by molar-refractivity contribution is 0.0752. The van der Waals surface area contributed by atoms with E-state index in [1.165, 1.54) is 10.5 Å². The summed E-state index contributed by atoms with van der Waals surface area (Å²) in [7, 11) is -3.54. The molecule has 2 rings (SSSR count). The fourth-order valence-corrected chi connectivity index (χ4v) is 3.90. The third-order valence-corrected chi connectivity index (χ3v) is 5.08. The lowest BCUT2D eigenvalue weighted by Crippen LogP contribution is -2.36. The summed E-state index contributed by atoms with van der Waals surface area (Å²) in [5.74, 6) is 0. The van der Waals surface area contributed by atoms with Gasteiger partial charge in [-0.15, -0.1) is 0 Å². The number of hydrogen-bond acceptors (Lipinski definition) is 5. The van der Waals surface area contributed by atoms with Crippen LogP contribution in [0.1, 0.15) is 20.3 Å². The molecule has 112 valence electrons. The second-order valence-electron chi connectivity index (χ2n) is 4.80. The number of aromatic nitrogens is 1. The molecule has 1 fully saturated rings. The number of sulfonamides is 1. The average molecular weight is 299 g/mol. The van der Waals surface area contributed by atoms with E-state index in [0.717, 1.165) is 0 Å². The maximum atomic E-state index is 12.8. The van der Waals surface area contributed by atoms with Gasteiger partial charge in [0, 0.05) is 38.6 Å². The highest BCUT2D eigenvalue weighted by molar-refractivity contribution is 7.89. The highest BCUT2D eigenvalue weighted by Gasteiger charge is 2.29. The molecule has 0 radical (unpaired) electrons. The Morgan fingerprint density at radius 3 is 3.10 bits per heavy atom. The monoisotopic (exact) mass is 299 g/mol. The minimum atomic E-state index is -3.54. The largest absolute Gasteiger partial charge is 0.384 e. The number of rotatable bonds is 4. The van der Waals surface area contributed by atoms with Crippen LogP contribution >= 0.6 is 0 Å². The number of anilines is 1. The molecule has 0 amide bonds. The van der Waals surface area contributed by atoms with Crippen molar-refractivity contribution in [3.05, 3.63) is 18.5 Å². The van der Waals surface area contributed by atoms with E-state index in [2.05, 4.69) is 10.3 Å². The zero-order valence-corrected chi connectivity index (χ0v) is 12.7. The van der Waals surface area contributed by atoms with E-state index in [1.54, 1.807) is 12.3 Å². The molecule has 6 nitrogen and oxygen atoms in total. The molecule has 2 heterocycles. The van der Waals surface area contributed by atoms with Crippen LogP contribution in [0.15, 0.2) is 23.4 Å². The van der Waals surface area contributed by atoms with Crippen molar-refractivity contribution in [2.24, 2.45) is 0 Å². The molecule has 0 bridgehead atoms. The third kappa shape index (κ3) is 3.28. The lowest BCUT2D eigenvalue weighted by Gasteiger charge is -2.22. The van der Waals surface area contributed by atoms with E-state index in [0.29, 0.717) is 38.3 Å². The van der Waals surface area contributed by atoms with E-state index in [1.807, 2.05) is 13.8 Å². The Balaban J connectivity index is 2.34. The molecular weight excluding hydrogens is 278 g/mol. The van der Waals surface area contributed by atoms with Crippen LogP contribution in [0.5, 0.6) is 0 Å². The number of ether oxygens (including phenoxy) is 1. The first kappa shape index (κ1) is 15.2. The van der Waals surface area contributed by atoms with Gasteiger partial charge in [0.15, 0.2) is 0 Å². The maximum Gasteiger partial charge on any atom is 0.246 e. The molecule has 1 unspecified atom stereocenters. The molecule has 20 heavy (non-hydrogen) atoms. The van der Waals surface area contributed by atoms with Gasteiger partial charge in [-0.05, 0) is 26.3 Å². The Bertz CT molecular complexity index is 548. The molecule has 1 aliphatic heterocycles. The molecule has 1 N–H and O–H groups in total. The van der Waals surface area contributed by atoms with Crippen LogP contribution in [-0.4, -0.2) is 50.1 Å². The van der Waals surface area contributed by atoms with Gasteiger partial charge in [-0.3, -0.25) is 4.98 Å². The molecular formula is C13H21N3O3S. The van der Waals surface area contributed by atoms with Gasteiger partial charge in [-0.2, -0.15) is 4.31 Å². The molecule has 1 saturated heterocycles. The van der Waals surface area contributed by atoms with Crippen LogP contribution in [0.3, 0.4) is 0 Å². The Hall–Kier alpha value is -1.18. The van der Waals surface area contributed by atoms with Crippen LogP contribution in [0.2, 0.25) is 0 Å². The Morgan fingerprint density at radius 1 is 1.55 bits per heavy atom. The summed E-state index contributed by atoms with van der Waals surface area (Å²) < 4.78 is 32.5. The summed E-state index contributed by atoms with van der Waals surface area (Å²) in [6.07, 6.45) is 3.61. The molecule has 0 spiro atoms. The first-order chi connectivity index (χ1) is 9.55. The van der Waals surface area contributed by atoms with Crippen molar-refractivity contribution in [3.63, 3.8) is 0 Å². The predicted octanol–water partition coefficient (Wildman–Crippen LogP) is 1.31. The smallest absolute Gasteiger partial charge is 0.246 e. The summed E-state index contributed by atoms with van der Waals surface area (Å²) >= 11 is 0. The zero-order valence-electron chi connectivity index (χ0n) is 11.9. The molecule has 7 heteroatoms. The quantitative estimate of drug-likeness (QED) is 0.907. The van der Waals surface area contributed by atoms with Gasteiger partial charge in [0.1, 0.15) is 4.90 Å². The van der Waals surface area contributed by atoms with Gasteiger partial charge < -0.3 is 10.1 Å². The van der Waals surface area contributed by atoms with Gasteiger partial charge in [0.2, 0.25) is 10.0 Å². The first-order valence-electron chi connectivity index (χ1n) is 6.85. The predicted molar refractivity (Wildman–Crippen MR) is 77.2 cm³/mol. The normalized spacial score (nSPS) is 21.4. The van der Waals surface area contributed by atoms with Crippen LogP contribution in [-0.2, 0) is 14.8 Å². The van der Waals surface area contributed by atoms with Gasteiger partial charge in [0.25, 0.3) is 0 Å². The highest BCUT2D eigenvalue weighted by atomic mass is 32.2. The summed E-state index contributed by atoms with van der Waals surface area (Å²) in [5.41, 5.74) is 0.598. The molecule has 0 aromatic carbocycles. The third-order valence-electron chi connectivity index (χ3n) is 3.18. The van der Waals surface area contributed by atoms with Gasteiger partial charge in [-0.25, -0.2) is 8.42 Å². The second-order valence-corrected chi connectivity index (χ2v) is 6.71. The van der Waals surface area contributed by atoms with Crippen molar-refractivity contribution >= 4 is 15.7 Å². The van der Waals surface area contributed by atoms with E-state index >= 15 is 0 Å². The van der Waals surface area contributed by atoms with Crippen LogP contribution in [0.25, 0.3) is 0 Å². The average Bonchev–Trinajstić information content (AvgIpc) is 2.65. The molecule has 1 atom stereocenters. The van der Waals surface area contributed by atoms with Crippen molar-refractivity contribution in [3.8, 4) is 0 Å². The zero-order chi connectivity index (χ0) is 14.6. The topological polar surface area (TPSA) is 71.5 Å². The summed E-state index contributed by atoms with van der Waals surface area (Å²) in [6.45, 7) is 5.93. The lowest BCUT2D eigenvalue weighted by atomic mass is 10.4. The van der Waals surface area contributed by atoms with Gasteiger partial charge in [0.05, 0.1) is 11.8 Å². The summed E-state index contributed by atoms with van der Waals surface area (Å²) in [4.78, 5) is 4.19. The summed E-state index contributed by atoms with van der Waals surface area (Å²) in [5, 5.41) is 3.07. The van der Waals surface area contributed by atoms with Crippen molar-refractivity contribution in [1.82, 2.24) is 9.29 Å². The van der Waals surface area contributed by atoms with Crippen molar-refractivity contribution in [2.75, 3.05) is 31.6 Å². The van der Waals surface area contributed by atoms with Crippen LogP contribution < -0.4 is 5.32 Å². The Labute approximate surface area is 120 Å². The van der Waals surface area contributed by atoms with E-state index < -0.39 is 10.0 Å². The minimum Gasteiger partial charge on any atom is -0.384 e. The fourth-order valence-electron chi connectivity index (χ4n) is 2.24. The second kappa shape index (κ2) is 6.51. The van der Waals surface area contributed by atoms with Crippen molar-refractivity contribution < 1.29 is 13.2 Å². The molecule has 1 aromatic heterocycles. The van der Waals surface area contributed by atoms with E-state index in [-0.39, 0.29) is 11.0 Å².